The Labute approximate surface area is 128 Å². The Morgan fingerprint density at radius 1 is 1.19 bits per heavy atom. The molecule has 0 amide bonds. The molecule has 0 aliphatic carbocycles. The first-order valence-electron chi connectivity index (χ1n) is 7.43. The van der Waals surface area contributed by atoms with E-state index < -0.39 is 10.0 Å². The maximum Gasteiger partial charge on any atom is 0.246 e. The van der Waals surface area contributed by atoms with E-state index in [4.69, 9.17) is 4.42 Å². The summed E-state index contributed by atoms with van der Waals surface area (Å²) in [5.41, 5.74) is 0.733. The van der Waals surface area contributed by atoms with Gasteiger partial charge in [-0.05, 0) is 27.2 Å². The Morgan fingerprint density at radius 2 is 1.76 bits per heavy atom. The number of rotatable bonds is 7. The Hall–Kier alpha value is -0.850. The maximum absolute atomic E-state index is 12.9. The third-order valence-corrected chi connectivity index (χ3v) is 6.03. The van der Waals surface area contributed by atoms with Crippen LogP contribution in [0.3, 0.4) is 0 Å². The van der Waals surface area contributed by atoms with E-state index in [0.29, 0.717) is 23.0 Å². The molecule has 6 heteroatoms. The van der Waals surface area contributed by atoms with Crippen LogP contribution in [-0.4, -0.2) is 31.9 Å². The first-order chi connectivity index (χ1) is 9.62. The molecule has 0 radical (unpaired) electrons. The van der Waals surface area contributed by atoms with Crippen LogP contribution in [0.2, 0.25) is 0 Å². The van der Waals surface area contributed by atoms with Crippen molar-refractivity contribution >= 4 is 10.0 Å². The number of furan rings is 1. The summed E-state index contributed by atoms with van der Waals surface area (Å²) >= 11 is 0. The highest BCUT2D eigenvalue weighted by Gasteiger charge is 2.32. The van der Waals surface area contributed by atoms with Gasteiger partial charge in [-0.1, -0.05) is 20.8 Å². The van der Waals surface area contributed by atoms with Crippen LogP contribution < -0.4 is 5.32 Å². The quantitative estimate of drug-likeness (QED) is 0.840. The highest BCUT2D eigenvalue weighted by molar-refractivity contribution is 7.89. The van der Waals surface area contributed by atoms with E-state index in [1.807, 2.05) is 34.6 Å². The van der Waals surface area contributed by atoms with Gasteiger partial charge in [-0.2, -0.15) is 4.31 Å². The molecule has 1 heterocycles. The zero-order valence-electron chi connectivity index (χ0n) is 14.1. The molecular weight excluding hydrogens is 288 g/mol. The second-order valence-electron chi connectivity index (χ2n) is 5.84. The van der Waals surface area contributed by atoms with E-state index in [-0.39, 0.29) is 12.1 Å². The second kappa shape index (κ2) is 6.94. The fraction of sp³-hybridized carbons (Fsp3) is 0.733. The van der Waals surface area contributed by atoms with Crippen molar-refractivity contribution in [3.05, 3.63) is 17.1 Å². The highest BCUT2D eigenvalue weighted by Crippen LogP contribution is 2.30. The Kier molecular flexibility index (Phi) is 6.01. The van der Waals surface area contributed by atoms with Crippen LogP contribution in [0.15, 0.2) is 9.31 Å². The Morgan fingerprint density at radius 3 is 2.24 bits per heavy atom. The minimum atomic E-state index is -3.54. The second-order valence-corrected chi connectivity index (χ2v) is 7.77. The van der Waals surface area contributed by atoms with Crippen molar-refractivity contribution in [3.8, 4) is 0 Å². The molecule has 1 atom stereocenters. The number of nitrogens with zero attached hydrogens (tertiary/aromatic N) is 1. The number of aryl methyl sites for hydroxylation is 2. The summed E-state index contributed by atoms with van der Waals surface area (Å²) in [6.45, 7) is 12.0. The summed E-state index contributed by atoms with van der Waals surface area (Å²) in [4.78, 5) is 0.316. The minimum absolute atomic E-state index is 0.0458. The van der Waals surface area contributed by atoms with E-state index in [2.05, 4.69) is 5.32 Å². The predicted octanol–water partition coefficient (Wildman–Crippen LogP) is 2.81. The summed E-state index contributed by atoms with van der Waals surface area (Å²) in [7, 11) is -1.91. The average Bonchev–Trinajstić information content (AvgIpc) is 2.69. The van der Waals surface area contributed by atoms with E-state index in [0.717, 1.165) is 12.0 Å². The molecule has 1 N–H and O–H groups in total. The van der Waals surface area contributed by atoms with Crippen molar-refractivity contribution < 1.29 is 12.8 Å². The summed E-state index contributed by atoms with van der Waals surface area (Å²) in [5, 5.41) is 3.27. The molecule has 0 spiro atoms. The van der Waals surface area contributed by atoms with Crippen LogP contribution in [0.5, 0.6) is 0 Å². The van der Waals surface area contributed by atoms with Crippen LogP contribution in [0.4, 0.5) is 0 Å². The molecular formula is C15H28N2O3S. The molecule has 5 nitrogen and oxygen atoms in total. The van der Waals surface area contributed by atoms with E-state index in [1.54, 1.807) is 14.0 Å². The van der Waals surface area contributed by atoms with Gasteiger partial charge in [-0.3, -0.25) is 0 Å². The first kappa shape index (κ1) is 18.2. The molecule has 0 saturated heterocycles. The van der Waals surface area contributed by atoms with Gasteiger partial charge in [0.25, 0.3) is 0 Å². The van der Waals surface area contributed by atoms with Gasteiger partial charge in [0.1, 0.15) is 16.4 Å². The normalized spacial score (nSPS) is 14.1. The lowest BCUT2D eigenvalue weighted by Gasteiger charge is -2.23. The van der Waals surface area contributed by atoms with Crippen molar-refractivity contribution in [2.45, 2.75) is 71.5 Å². The van der Waals surface area contributed by atoms with Crippen LogP contribution in [0, 0.1) is 13.8 Å². The molecule has 1 unspecified atom stereocenters. The predicted molar refractivity (Wildman–Crippen MR) is 84.9 cm³/mol. The van der Waals surface area contributed by atoms with E-state index >= 15 is 0 Å². The van der Waals surface area contributed by atoms with E-state index in [1.165, 1.54) is 4.31 Å². The third-order valence-electron chi connectivity index (χ3n) is 3.86. The minimum Gasteiger partial charge on any atom is -0.465 e. The lowest BCUT2D eigenvalue weighted by Crippen LogP contribution is -2.35. The van der Waals surface area contributed by atoms with E-state index in [9.17, 15) is 8.42 Å². The SMILES string of the molecule is CCC(C)N(C)S(=O)(=O)c1c(C)oc(C)c1CNC(C)C. The highest BCUT2D eigenvalue weighted by atomic mass is 32.2. The maximum atomic E-state index is 12.9. The molecule has 0 aliphatic heterocycles. The number of sulfonamides is 1. The molecule has 0 aliphatic rings. The van der Waals surface area contributed by atoms with Gasteiger partial charge in [0.2, 0.25) is 10.0 Å². The monoisotopic (exact) mass is 316 g/mol. The van der Waals surface area contributed by atoms with Crippen LogP contribution in [0.1, 0.15) is 51.2 Å². The van der Waals surface area contributed by atoms with Crippen molar-refractivity contribution in [3.63, 3.8) is 0 Å². The third kappa shape index (κ3) is 3.87. The zero-order valence-corrected chi connectivity index (χ0v) is 15.0. The van der Waals surface area contributed by atoms with Gasteiger partial charge in [-0.15, -0.1) is 0 Å². The molecule has 1 aromatic heterocycles. The van der Waals surface area contributed by atoms with Gasteiger partial charge in [0.15, 0.2) is 0 Å². The van der Waals surface area contributed by atoms with Gasteiger partial charge in [0, 0.05) is 31.2 Å². The molecule has 0 fully saturated rings. The standard InChI is InChI=1S/C15H28N2O3S/c1-8-11(4)17(7)21(18,19)15-13(6)20-12(5)14(15)9-16-10(2)3/h10-11,16H,8-9H2,1-7H3. The van der Waals surface area contributed by atoms with Gasteiger partial charge in [0.05, 0.1) is 0 Å². The largest absolute Gasteiger partial charge is 0.465 e. The van der Waals surface area contributed by atoms with Crippen molar-refractivity contribution in [2.75, 3.05) is 7.05 Å². The zero-order chi connectivity index (χ0) is 16.4. The summed E-state index contributed by atoms with van der Waals surface area (Å²) < 4.78 is 32.8. The van der Waals surface area contributed by atoms with Crippen LogP contribution in [0.25, 0.3) is 0 Å². The summed E-state index contributed by atoms with van der Waals surface area (Å²) in [6.07, 6.45) is 0.769. The molecule has 122 valence electrons. The molecule has 0 bridgehead atoms. The topological polar surface area (TPSA) is 62.6 Å². The molecule has 1 rings (SSSR count). The number of hydrogen-bond acceptors (Lipinski definition) is 4. The van der Waals surface area contributed by atoms with Crippen molar-refractivity contribution in [1.82, 2.24) is 9.62 Å². The Bertz CT molecular complexity index is 576. The lowest BCUT2D eigenvalue weighted by atomic mass is 10.2. The van der Waals surface area contributed by atoms with Crippen molar-refractivity contribution in [2.24, 2.45) is 0 Å². The van der Waals surface area contributed by atoms with Gasteiger partial charge in [-0.25, -0.2) is 8.42 Å². The molecule has 0 saturated carbocycles. The van der Waals surface area contributed by atoms with Crippen LogP contribution in [-0.2, 0) is 16.6 Å². The average molecular weight is 316 g/mol. The fourth-order valence-electron chi connectivity index (χ4n) is 2.20. The van der Waals surface area contributed by atoms with Crippen molar-refractivity contribution in [1.29, 1.82) is 0 Å². The summed E-state index contributed by atoms with van der Waals surface area (Å²) in [5.74, 6) is 1.12. The van der Waals surface area contributed by atoms with Crippen LogP contribution >= 0.6 is 0 Å². The Balaban J connectivity index is 3.28. The van der Waals surface area contributed by atoms with Gasteiger partial charge >= 0.3 is 0 Å². The fourth-order valence-corrected chi connectivity index (χ4v) is 4.04. The molecule has 0 aromatic carbocycles. The molecule has 1 aromatic rings. The smallest absolute Gasteiger partial charge is 0.246 e. The molecule has 21 heavy (non-hydrogen) atoms. The number of hydrogen-bond donors (Lipinski definition) is 1. The number of nitrogens with one attached hydrogen (secondary N) is 1. The summed E-state index contributed by atoms with van der Waals surface area (Å²) in [6, 6.07) is 0.234. The lowest BCUT2D eigenvalue weighted by molar-refractivity contribution is 0.379. The van der Waals surface area contributed by atoms with Gasteiger partial charge < -0.3 is 9.73 Å². The first-order valence-corrected chi connectivity index (χ1v) is 8.87.